The van der Waals surface area contributed by atoms with Gasteiger partial charge in [-0.05, 0) is 12.8 Å². The summed E-state index contributed by atoms with van der Waals surface area (Å²) in [5.41, 5.74) is 0. The molecule has 0 aromatic rings. The fraction of sp³-hybridized carbons (Fsp3) is 1.00. The van der Waals surface area contributed by atoms with Gasteiger partial charge in [-0.25, -0.2) is 0 Å². The molecule has 3 nitrogen and oxygen atoms in total. The molecule has 0 atom stereocenters. The monoisotopic (exact) mass is 246 g/mol. The Morgan fingerprint density at radius 3 is 1.81 bits per heavy atom. The highest BCUT2D eigenvalue weighted by atomic mass is 28.4. The van der Waals surface area contributed by atoms with Crippen molar-refractivity contribution in [1.82, 2.24) is 0 Å². The van der Waals surface area contributed by atoms with Crippen molar-refractivity contribution >= 4 is 8.80 Å². The van der Waals surface area contributed by atoms with Crippen LogP contribution in [0.15, 0.2) is 0 Å². The van der Waals surface area contributed by atoms with E-state index in [0.717, 1.165) is 12.8 Å². The Morgan fingerprint density at radius 1 is 0.938 bits per heavy atom. The lowest BCUT2D eigenvalue weighted by Crippen LogP contribution is -2.54. The van der Waals surface area contributed by atoms with Crippen molar-refractivity contribution in [2.75, 3.05) is 14.2 Å². The second-order valence-corrected chi connectivity index (χ2v) is 9.26. The van der Waals surface area contributed by atoms with Crippen LogP contribution in [-0.4, -0.2) is 29.1 Å². The highest BCUT2D eigenvalue weighted by Gasteiger charge is 2.53. The smallest absolute Gasteiger partial charge is 0.377 e. The molecule has 0 aliphatic heterocycles. The van der Waals surface area contributed by atoms with E-state index in [0.29, 0.717) is 6.10 Å². The summed E-state index contributed by atoms with van der Waals surface area (Å²) in [4.78, 5) is 0. The predicted molar refractivity (Wildman–Crippen MR) is 67.4 cm³/mol. The van der Waals surface area contributed by atoms with Crippen molar-refractivity contribution < 1.29 is 13.3 Å². The second-order valence-electron chi connectivity index (χ2n) is 5.59. The molecule has 96 valence electrons. The summed E-state index contributed by atoms with van der Waals surface area (Å²) in [6, 6.07) is 0. The van der Waals surface area contributed by atoms with Gasteiger partial charge in [-0.3, -0.25) is 0 Å². The number of rotatable bonds is 4. The van der Waals surface area contributed by atoms with Crippen LogP contribution in [0.3, 0.4) is 0 Å². The maximum absolute atomic E-state index is 6.24. The van der Waals surface area contributed by atoms with E-state index >= 15 is 0 Å². The molecule has 0 radical (unpaired) electrons. The second kappa shape index (κ2) is 5.62. The third-order valence-corrected chi connectivity index (χ3v) is 6.89. The van der Waals surface area contributed by atoms with Gasteiger partial charge in [-0.2, -0.15) is 0 Å². The highest BCUT2D eigenvalue weighted by molar-refractivity contribution is 6.64. The molecule has 1 fully saturated rings. The Labute approximate surface area is 101 Å². The van der Waals surface area contributed by atoms with Crippen LogP contribution in [0.2, 0.25) is 5.04 Å². The largest absolute Gasteiger partial charge is 0.506 e. The number of hydrogen-bond donors (Lipinski definition) is 0. The van der Waals surface area contributed by atoms with Gasteiger partial charge in [0.2, 0.25) is 0 Å². The van der Waals surface area contributed by atoms with Crippen LogP contribution in [-0.2, 0) is 13.3 Å². The third kappa shape index (κ3) is 3.06. The van der Waals surface area contributed by atoms with Crippen LogP contribution in [0.25, 0.3) is 0 Å². The fourth-order valence-electron chi connectivity index (χ4n) is 2.37. The standard InChI is InChI=1S/C12H26O3Si/c1-12(2,3)16(13-4,14-5)15-11-9-7-6-8-10-11/h11H,6-10H2,1-5H3. The summed E-state index contributed by atoms with van der Waals surface area (Å²) in [7, 11) is 0.892. The van der Waals surface area contributed by atoms with Crippen LogP contribution in [0.5, 0.6) is 0 Å². The van der Waals surface area contributed by atoms with Crippen LogP contribution in [0.4, 0.5) is 0 Å². The first-order valence-corrected chi connectivity index (χ1v) is 7.96. The topological polar surface area (TPSA) is 27.7 Å². The van der Waals surface area contributed by atoms with Crippen molar-refractivity contribution in [3.8, 4) is 0 Å². The summed E-state index contributed by atoms with van der Waals surface area (Å²) in [6.45, 7) is 6.40. The minimum atomic E-state index is -2.53. The summed E-state index contributed by atoms with van der Waals surface area (Å²) in [5.74, 6) is 0. The lowest BCUT2D eigenvalue weighted by molar-refractivity contribution is 0.0222. The molecule has 0 heterocycles. The van der Waals surface area contributed by atoms with Gasteiger partial charge in [-0.15, -0.1) is 0 Å². The van der Waals surface area contributed by atoms with Crippen molar-refractivity contribution in [1.29, 1.82) is 0 Å². The van der Waals surface area contributed by atoms with Crippen LogP contribution in [0.1, 0.15) is 52.9 Å². The van der Waals surface area contributed by atoms with Crippen LogP contribution >= 0.6 is 0 Å². The molecule has 1 aliphatic rings. The first-order chi connectivity index (χ1) is 7.45. The van der Waals surface area contributed by atoms with Crippen molar-refractivity contribution in [3.63, 3.8) is 0 Å². The Balaban J connectivity index is 2.69. The maximum Gasteiger partial charge on any atom is 0.506 e. The Hall–Kier alpha value is 0.0969. The Kier molecular flexibility index (Phi) is 4.98. The van der Waals surface area contributed by atoms with E-state index in [1.54, 1.807) is 14.2 Å². The molecule has 4 heteroatoms. The predicted octanol–water partition coefficient (Wildman–Crippen LogP) is 3.37. The van der Waals surface area contributed by atoms with Gasteiger partial charge in [-0.1, -0.05) is 40.0 Å². The average molecular weight is 246 g/mol. The van der Waals surface area contributed by atoms with Crippen molar-refractivity contribution in [2.24, 2.45) is 0 Å². The zero-order valence-electron chi connectivity index (χ0n) is 11.3. The normalized spacial score (nSPS) is 20.1. The zero-order chi connectivity index (χ0) is 12.2. The highest BCUT2D eigenvalue weighted by Crippen LogP contribution is 2.40. The summed E-state index contributed by atoms with van der Waals surface area (Å²) in [5, 5.41) is -0.0616. The van der Waals surface area contributed by atoms with Crippen LogP contribution < -0.4 is 0 Å². The zero-order valence-corrected chi connectivity index (χ0v) is 12.3. The van der Waals surface area contributed by atoms with E-state index in [9.17, 15) is 0 Å². The minimum Gasteiger partial charge on any atom is -0.377 e. The van der Waals surface area contributed by atoms with Gasteiger partial charge in [0, 0.05) is 25.4 Å². The van der Waals surface area contributed by atoms with Gasteiger partial charge < -0.3 is 13.3 Å². The van der Waals surface area contributed by atoms with Crippen molar-refractivity contribution in [3.05, 3.63) is 0 Å². The average Bonchev–Trinajstić information content (AvgIpc) is 2.25. The minimum absolute atomic E-state index is 0.0616. The van der Waals surface area contributed by atoms with Gasteiger partial charge in [0.25, 0.3) is 0 Å². The van der Waals surface area contributed by atoms with E-state index < -0.39 is 8.80 Å². The molecule has 16 heavy (non-hydrogen) atoms. The lowest BCUT2D eigenvalue weighted by Gasteiger charge is -2.40. The molecular formula is C12H26O3Si. The van der Waals surface area contributed by atoms with Gasteiger partial charge in [0.05, 0.1) is 0 Å². The lowest BCUT2D eigenvalue weighted by atomic mass is 9.98. The summed E-state index contributed by atoms with van der Waals surface area (Å²) >= 11 is 0. The van der Waals surface area contributed by atoms with Gasteiger partial charge >= 0.3 is 8.80 Å². The van der Waals surface area contributed by atoms with E-state index in [-0.39, 0.29) is 5.04 Å². The van der Waals surface area contributed by atoms with E-state index in [1.807, 2.05) is 0 Å². The molecule has 1 rings (SSSR count). The summed E-state index contributed by atoms with van der Waals surface area (Å²) < 4.78 is 17.5. The van der Waals surface area contributed by atoms with Gasteiger partial charge in [0.1, 0.15) is 0 Å². The first-order valence-electron chi connectivity index (χ1n) is 6.23. The molecule has 0 unspecified atom stereocenters. The molecule has 0 amide bonds. The molecule has 0 aromatic heterocycles. The quantitative estimate of drug-likeness (QED) is 0.712. The number of hydrogen-bond acceptors (Lipinski definition) is 3. The van der Waals surface area contributed by atoms with E-state index in [2.05, 4.69) is 20.8 Å². The fourth-order valence-corrected chi connectivity index (χ4v) is 4.98. The molecule has 0 spiro atoms. The van der Waals surface area contributed by atoms with Crippen LogP contribution in [0, 0.1) is 0 Å². The first kappa shape index (κ1) is 14.2. The van der Waals surface area contributed by atoms with Gasteiger partial charge in [0.15, 0.2) is 0 Å². The molecule has 0 bridgehead atoms. The molecular weight excluding hydrogens is 220 g/mol. The molecule has 0 saturated heterocycles. The Bertz CT molecular complexity index is 203. The van der Waals surface area contributed by atoms with E-state index in [4.69, 9.17) is 13.3 Å². The molecule has 0 aromatic carbocycles. The maximum atomic E-state index is 6.24. The third-order valence-electron chi connectivity index (χ3n) is 3.33. The SMILES string of the molecule is CO[Si](OC)(OC1CCCCC1)C(C)(C)C. The molecule has 0 N–H and O–H groups in total. The van der Waals surface area contributed by atoms with Crippen molar-refractivity contribution in [2.45, 2.75) is 64.0 Å². The molecule has 1 aliphatic carbocycles. The summed E-state index contributed by atoms with van der Waals surface area (Å²) in [6.07, 6.45) is 6.51. The van der Waals surface area contributed by atoms with E-state index in [1.165, 1.54) is 19.3 Å². The Morgan fingerprint density at radius 2 is 1.44 bits per heavy atom. The molecule has 1 saturated carbocycles.